The summed E-state index contributed by atoms with van der Waals surface area (Å²) in [7, 11) is 0. The first-order chi connectivity index (χ1) is 7.68. The fourth-order valence-corrected chi connectivity index (χ4v) is 2.98. The summed E-state index contributed by atoms with van der Waals surface area (Å²) < 4.78 is 3.18. The number of nitrogens with zero attached hydrogens (tertiary/aromatic N) is 1. The van der Waals surface area contributed by atoms with Gasteiger partial charge in [0.05, 0.1) is 0 Å². The van der Waals surface area contributed by atoms with Crippen molar-refractivity contribution in [2.45, 2.75) is 58.4 Å². The van der Waals surface area contributed by atoms with Crippen LogP contribution >= 0.6 is 12.2 Å². The predicted octanol–water partition coefficient (Wildman–Crippen LogP) is 4.25. The summed E-state index contributed by atoms with van der Waals surface area (Å²) in [6, 6.07) is 0. The Bertz CT molecular complexity index is 383. The molecule has 1 aromatic heterocycles. The molecule has 1 aromatic rings. The third-order valence-electron chi connectivity index (χ3n) is 3.73. The first-order valence-corrected chi connectivity index (χ1v) is 6.87. The molecule has 0 radical (unpaired) electrons. The van der Waals surface area contributed by atoms with Crippen LogP contribution in [0.15, 0.2) is 6.20 Å². The van der Waals surface area contributed by atoms with E-state index in [0.29, 0.717) is 5.92 Å². The van der Waals surface area contributed by atoms with Gasteiger partial charge in [-0.05, 0) is 30.5 Å². The molecule has 1 N–H and O–H groups in total. The standard InChI is InChI=1S/C13H22N2S/c1-10(2)12-9-14-13(16)15(12)8-7-11-5-3-4-6-11/h9-11H,3-8H2,1-2H3,(H,14,16). The van der Waals surface area contributed by atoms with Crippen molar-refractivity contribution in [3.05, 3.63) is 16.7 Å². The summed E-state index contributed by atoms with van der Waals surface area (Å²) in [6.07, 6.45) is 9.08. The van der Waals surface area contributed by atoms with Crippen molar-refractivity contribution in [1.82, 2.24) is 9.55 Å². The molecule has 0 aliphatic heterocycles. The van der Waals surface area contributed by atoms with E-state index in [2.05, 4.69) is 29.6 Å². The van der Waals surface area contributed by atoms with Gasteiger partial charge in [0.2, 0.25) is 0 Å². The molecule has 1 heterocycles. The van der Waals surface area contributed by atoms with Gasteiger partial charge in [0.25, 0.3) is 0 Å². The summed E-state index contributed by atoms with van der Waals surface area (Å²) in [4.78, 5) is 3.17. The number of hydrogen-bond acceptors (Lipinski definition) is 1. The molecule has 3 heteroatoms. The van der Waals surface area contributed by atoms with Gasteiger partial charge < -0.3 is 9.55 Å². The Hall–Kier alpha value is -0.570. The Kier molecular flexibility index (Phi) is 3.85. The maximum Gasteiger partial charge on any atom is 0.177 e. The molecule has 0 atom stereocenters. The normalized spacial score (nSPS) is 17.4. The quantitative estimate of drug-likeness (QED) is 0.778. The van der Waals surface area contributed by atoms with Crippen molar-refractivity contribution in [2.75, 3.05) is 0 Å². The van der Waals surface area contributed by atoms with E-state index in [0.717, 1.165) is 17.2 Å². The second-order valence-corrected chi connectivity index (χ2v) is 5.65. The van der Waals surface area contributed by atoms with Gasteiger partial charge in [0, 0.05) is 18.4 Å². The molecule has 1 aliphatic rings. The lowest BCUT2D eigenvalue weighted by Gasteiger charge is -2.13. The molecule has 1 fully saturated rings. The second kappa shape index (κ2) is 5.17. The number of aromatic nitrogens is 2. The van der Waals surface area contributed by atoms with Gasteiger partial charge in [-0.15, -0.1) is 0 Å². The Morgan fingerprint density at radius 2 is 2.12 bits per heavy atom. The molecule has 0 aromatic carbocycles. The van der Waals surface area contributed by atoms with E-state index in [1.54, 1.807) is 0 Å². The molecule has 2 rings (SSSR count). The molecule has 1 saturated carbocycles. The Morgan fingerprint density at radius 1 is 1.44 bits per heavy atom. The van der Waals surface area contributed by atoms with Crippen LogP contribution in [-0.2, 0) is 6.54 Å². The Labute approximate surface area is 103 Å². The highest BCUT2D eigenvalue weighted by atomic mass is 32.1. The van der Waals surface area contributed by atoms with Gasteiger partial charge in [-0.1, -0.05) is 39.5 Å². The summed E-state index contributed by atoms with van der Waals surface area (Å²) in [6.45, 7) is 5.55. The number of rotatable bonds is 4. The van der Waals surface area contributed by atoms with Gasteiger partial charge in [0.1, 0.15) is 0 Å². The lowest BCUT2D eigenvalue weighted by molar-refractivity contribution is 0.448. The van der Waals surface area contributed by atoms with E-state index in [-0.39, 0.29) is 0 Å². The van der Waals surface area contributed by atoms with E-state index in [1.807, 2.05) is 0 Å². The highest BCUT2D eigenvalue weighted by Crippen LogP contribution is 2.28. The molecule has 2 nitrogen and oxygen atoms in total. The van der Waals surface area contributed by atoms with Crippen LogP contribution < -0.4 is 0 Å². The maximum atomic E-state index is 5.34. The fourth-order valence-electron chi connectivity index (χ4n) is 2.73. The lowest BCUT2D eigenvalue weighted by Crippen LogP contribution is -2.08. The molecule has 0 amide bonds. The zero-order valence-corrected chi connectivity index (χ0v) is 11.1. The summed E-state index contributed by atoms with van der Waals surface area (Å²) in [5, 5.41) is 0. The lowest BCUT2D eigenvalue weighted by atomic mass is 10.0. The van der Waals surface area contributed by atoms with Crippen LogP contribution in [0.4, 0.5) is 0 Å². The van der Waals surface area contributed by atoms with Crippen molar-refractivity contribution < 1.29 is 0 Å². The SMILES string of the molecule is CC(C)c1c[nH]c(=S)n1CCC1CCCC1. The van der Waals surface area contributed by atoms with Crippen LogP contribution in [0, 0.1) is 10.7 Å². The van der Waals surface area contributed by atoms with Crippen LogP contribution in [0.1, 0.15) is 57.6 Å². The van der Waals surface area contributed by atoms with Crippen molar-refractivity contribution in [3.63, 3.8) is 0 Å². The third kappa shape index (κ3) is 2.57. The van der Waals surface area contributed by atoms with Crippen LogP contribution in [-0.4, -0.2) is 9.55 Å². The van der Waals surface area contributed by atoms with E-state index in [1.165, 1.54) is 37.8 Å². The monoisotopic (exact) mass is 238 g/mol. The summed E-state index contributed by atoms with van der Waals surface area (Å²) in [5.41, 5.74) is 1.35. The molecule has 0 saturated heterocycles. The first kappa shape index (κ1) is 11.9. The highest BCUT2D eigenvalue weighted by Gasteiger charge is 2.16. The van der Waals surface area contributed by atoms with Crippen LogP contribution in [0.3, 0.4) is 0 Å². The van der Waals surface area contributed by atoms with Crippen LogP contribution in [0.25, 0.3) is 0 Å². The van der Waals surface area contributed by atoms with E-state index >= 15 is 0 Å². The maximum absolute atomic E-state index is 5.34. The predicted molar refractivity (Wildman–Crippen MR) is 70.3 cm³/mol. The smallest absolute Gasteiger partial charge is 0.177 e. The Balaban J connectivity index is 2.02. The average molecular weight is 238 g/mol. The number of hydrogen-bond donors (Lipinski definition) is 1. The third-order valence-corrected chi connectivity index (χ3v) is 4.07. The summed E-state index contributed by atoms with van der Waals surface area (Å²) >= 11 is 5.34. The number of aromatic amines is 1. The molecular weight excluding hydrogens is 216 g/mol. The molecule has 0 unspecified atom stereocenters. The van der Waals surface area contributed by atoms with E-state index in [9.17, 15) is 0 Å². The van der Waals surface area contributed by atoms with E-state index < -0.39 is 0 Å². The largest absolute Gasteiger partial charge is 0.337 e. The first-order valence-electron chi connectivity index (χ1n) is 6.46. The average Bonchev–Trinajstić information content (AvgIpc) is 2.84. The molecular formula is C13H22N2S. The molecule has 16 heavy (non-hydrogen) atoms. The fraction of sp³-hybridized carbons (Fsp3) is 0.769. The van der Waals surface area contributed by atoms with Gasteiger partial charge >= 0.3 is 0 Å². The van der Waals surface area contributed by atoms with Gasteiger partial charge in [-0.25, -0.2) is 0 Å². The van der Waals surface area contributed by atoms with Crippen molar-refractivity contribution in [3.8, 4) is 0 Å². The minimum Gasteiger partial charge on any atom is -0.337 e. The van der Waals surface area contributed by atoms with Crippen molar-refractivity contribution in [1.29, 1.82) is 0 Å². The summed E-state index contributed by atoms with van der Waals surface area (Å²) in [5.74, 6) is 1.49. The van der Waals surface area contributed by atoms with E-state index in [4.69, 9.17) is 12.2 Å². The zero-order chi connectivity index (χ0) is 11.5. The highest BCUT2D eigenvalue weighted by molar-refractivity contribution is 7.71. The second-order valence-electron chi connectivity index (χ2n) is 5.26. The zero-order valence-electron chi connectivity index (χ0n) is 10.3. The number of nitrogens with one attached hydrogen (secondary N) is 1. The minimum absolute atomic E-state index is 0.552. The van der Waals surface area contributed by atoms with Gasteiger partial charge in [-0.3, -0.25) is 0 Å². The van der Waals surface area contributed by atoms with Crippen molar-refractivity contribution in [2.24, 2.45) is 5.92 Å². The molecule has 0 bridgehead atoms. The van der Waals surface area contributed by atoms with Crippen LogP contribution in [0.5, 0.6) is 0 Å². The topological polar surface area (TPSA) is 20.7 Å². The molecule has 0 spiro atoms. The number of H-pyrrole nitrogens is 1. The van der Waals surface area contributed by atoms with Gasteiger partial charge in [-0.2, -0.15) is 0 Å². The number of imidazole rings is 1. The molecule has 90 valence electrons. The van der Waals surface area contributed by atoms with Gasteiger partial charge in [0.15, 0.2) is 4.77 Å². The molecule has 1 aliphatic carbocycles. The van der Waals surface area contributed by atoms with Crippen LogP contribution in [0.2, 0.25) is 0 Å². The van der Waals surface area contributed by atoms with Crippen molar-refractivity contribution >= 4 is 12.2 Å². The minimum atomic E-state index is 0.552. The Morgan fingerprint density at radius 3 is 2.75 bits per heavy atom.